The molecule has 0 bridgehead atoms. The third-order valence-electron chi connectivity index (χ3n) is 2.69. The predicted molar refractivity (Wildman–Crippen MR) is 53.6 cm³/mol. The van der Waals surface area contributed by atoms with Crippen molar-refractivity contribution in [2.75, 3.05) is 0 Å². The molecule has 0 amide bonds. The fourth-order valence-corrected chi connectivity index (χ4v) is 1.91. The largest absolute Gasteiger partial charge is 0.389 e. The van der Waals surface area contributed by atoms with Crippen molar-refractivity contribution in [1.29, 1.82) is 0 Å². The van der Waals surface area contributed by atoms with E-state index in [-0.39, 0.29) is 5.92 Å². The van der Waals surface area contributed by atoms with Crippen LogP contribution in [0.2, 0.25) is 0 Å². The fraction of sp³-hybridized carbons (Fsp3) is 0.333. The molecule has 2 atom stereocenters. The monoisotopic (exact) mass is 174 g/mol. The summed E-state index contributed by atoms with van der Waals surface area (Å²) in [6, 6.07) is 10.1. The maximum atomic E-state index is 10.0. The van der Waals surface area contributed by atoms with E-state index in [0.29, 0.717) is 0 Å². The van der Waals surface area contributed by atoms with E-state index in [1.165, 1.54) is 5.56 Å². The van der Waals surface area contributed by atoms with Gasteiger partial charge in [0.1, 0.15) is 0 Å². The van der Waals surface area contributed by atoms with Crippen molar-refractivity contribution in [1.82, 2.24) is 0 Å². The SMILES string of the molecule is C[C@@]1(O)CC=C[C@H]1c1ccccc1. The summed E-state index contributed by atoms with van der Waals surface area (Å²) in [5, 5.41) is 10.0. The van der Waals surface area contributed by atoms with Crippen LogP contribution < -0.4 is 0 Å². The van der Waals surface area contributed by atoms with Gasteiger partial charge in [-0.2, -0.15) is 0 Å². The summed E-state index contributed by atoms with van der Waals surface area (Å²) >= 11 is 0. The number of rotatable bonds is 1. The van der Waals surface area contributed by atoms with E-state index in [9.17, 15) is 5.11 Å². The molecule has 68 valence electrons. The first kappa shape index (κ1) is 8.52. The van der Waals surface area contributed by atoms with Crippen LogP contribution >= 0.6 is 0 Å². The number of hydrogen-bond donors (Lipinski definition) is 1. The smallest absolute Gasteiger partial charge is 0.0756 e. The Bertz CT molecular complexity index is 311. The highest BCUT2D eigenvalue weighted by atomic mass is 16.3. The minimum absolute atomic E-state index is 0.161. The van der Waals surface area contributed by atoms with E-state index in [1.54, 1.807) is 0 Å². The number of benzene rings is 1. The molecule has 1 aliphatic carbocycles. The Kier molecular flexibility index (Phi) is 1.97. The van der Waals surface area contributed by atoms with E-state index in [4.69, 9.17) is 0 Å². The average molecular weight is 174 g/mol. The molecule has 1 aliphatic rings. The molecule has 2 rings (SSSR count). The second-order valence-electron chi connectivity index (χ2n) is 3.88. The average Bonchev–Trinajstić information content (AvgIpc) is 2.47. The normalized spacial score (nSPS) is 32.3. The second kappa shape index (κ2) is 3.00. The quantitative estimate of drug-likeness (QED) is 0.648. The molecule has 0 unspecified atom stereocenters. The highest BCUT2D eigenvalue weighted by molar-refractivity contribution is 5.30. The molecule has 0 radical (unpaired) electrons. The van der Waals surface area contributed by atoms with Gasteiger partial charge in [0.2, 0.25) is 0 Å². The molecule has 1 aromatic carbocycles. The lowest BCUT2D eigenvalue weighted by molar-refractivity contribution is 0.0569. The Morgan fingerprint density at radius 3 is 2.54 bits per heavy atom. The van der Waals surface area contributed by atoms with Gasteiger partial charge in [-0.05, 0) is 18.9 Å². The van der Waals surface area contributed by atoms with Crippen LogP contribution in [-0.2, 0) is 0 Å². The zero-order valence-electron chi connectivity index (χ0n) is 7.77. The molecule has 0 aromatic heterocycles. The van der Waals surface area contributed by atoms with Crippen LogP contribution in [0.3, 0.4) is 0 Å². The highest BCUT2D eigenvalue weighted by Gasteiger charge is 2.33. The van der Waals surface area contributed by atoms with Crippen LogP contribution in [0.15, 0.2) is 42.5 Å². The molecule has 1 nitrogen and oxygen atoms in total. The second-order valence-corrected chi connectivity index (χ2v) is 3.88. The van der Waals surface area contributed by atoms with Gasteiger partial charge in [-0.15, -0.1) is 0 Å². The standard InChI is InChI=1S/C12H14O/c1-12(13)9-5-8-11(12)10-6-3-2-4-7-10/h2-8,11,13H,9H2,1H3/t11-,12+/m0/s1. The van der Waals surface area contributed by atoms with E-state index < -0.39 is 5.60 Å². The lowest BCUT2D eigenvalue weighted by Crippen LogP contribution is -2.27. The summed E-state index contributed by atoms with van der Waals surface area (Å²) < 4.78 is 0. The molecule has 1 aromatic rings. The van der Waals surface area contributed by atoms with Crippen LogP contribution in [0.25, 0.3) is 0 Å². The fourth-order valence-electron chi connectivity index (χ4n) is 1.91. The van der Waals surface area contributed by atoms with Crippen LogP contribution in [-0.4, -0.2) is 10.7 Å². The summed E-state index contributed by atoms with van der Waals surface area (Å²) in [5.74, 6) is 0.161. The lowest BCUT2D eigenvalue weighted by Gasteiger charge is -2.25. The molecule has 0 aliphatic heterocycles. The molecule has 13 heavy (non-hydrogen) atoms. The molecule has 0 fully saturated rings. The third-order valence-corrected chi connectivity index (χ3v) is 2.69. The minimum Gasteiger partial charge on any atom is -0.389 e. The molecule has 0 saturated carbocycles. The first-order valence-electron chi connectivity index (χ1n) is 4.64. The van der Waals surface area contributed by atoms with Crippen LogP contribution in [0.4, 0.5) is 0 Å². The van der Waals surface area contributed by atoms with Crippen molar-refractivity contribution < 1.29 is 5.11 Å². The van der Waals surface area contributed by atoms with Gasteiger partial charge >= 0.3 is 0 Å². The Morgan fingerprint density at radius 1 is 1.31 bits per heavy atom. The van der Waals surface area contributed by atoms with Crippen LogP contribution in [0.5, 0.6) is 0 Å². The molecule has 1 heteroatoms. The number of hydrogen-bond acceptors (Lipinski definition) is 1. The summed E-state index contributed by atoms with van der Waals surface area (Å²) in [6.07, 6.45) is 4.90. The van der Waals surface area contributed by atoms with Gasteiger partial charge < -0.3 is 5.11 Å². The lowest BCUT2D eigenvalue weighted by atomic mass is 9.86. The molecule has 0 spiro atoms. The van der Waals surface area contributed by atoms with Gasteiger partial charge in [-0.3, -0.25) is 0 Å². The molecule has 1 N–H and O–H groups in total. The summed E-state index contributed by atoms with van der Waals surface area (Å²) in [4.78, 5) is 0. The first-order chi connectivity index (χ1) is 6.20. The molecule has 0 heterocycles. The summed E-state index contributed by atoms with van der Waals surface area (Å²) in [7, 11) is 0. The van der Waals surface area contributed by atoms with Crippen LogP contribution in [0.1, 0.15) is 24.8 Å². The van der Waals surface area contributed by atoms with E-state index in [1.807, 2.05) is 25.1 Å². The van der Waals surface area contributed by atoms with Crippen molar-refractivity contribution >= 4 is 0 Å². The van der Waals surface area contributed by atoms with Gasteiger partial charge in [-0.1, -0.05) is 42.5 Å². The van der Waals surface area contributed by atoms with Crippen molar-refractivity contribution in [3.63, 3.8) is 0 Å². The van der Waals surface area contributed by atoms with Gasteiger partial charge in [0.25, 0.3) is 0 Å². The summed E-state index contributed by atoms with van der Waals surface area (Å²) in [5.41, 5.74) is 0.600. The van der Waals surface area contributed by atoms with E-state index in [2.05, 4.69) is 24.3 Å². The maximum Gasteiger partial charge on any atom is 0.0756 e. The number of aliphatic hydroxyl groups is 1. The van der Waals surface area contributed by atoms with Crippen molar-refractivity contribution in [3.05, 3.63) is 48.0 Å². The topological polar surface area (TPSA) is 20.2 Å². The first-order valence-corrected chi connectivity index (χ1v) is 4.64. The molecular weight excluding hydrogens is 160 g/mol. The van der Waals surface area contributed by atoms with Gasteiger partial charge in [0.15, 0.2) is 0 Å². The van der Waals surface area contributed by atoms with Crippen LogP contribution in [0, 0.1) is 0 Å². The van der Waals surface area contributed by atoms with Gasteiger partial charge in [0, 0.05) is 5.92 Å². The Morgan fingerprint density at radius 2 is 2.00 bits per heavy atom. The molecule has 0 saturated heterocycles. The van der Waals surface area contributed by atoms with Gasteiger partial charge in [-0.25, -0.2) is 0 Å². The Hall–Kier alpha value is -1.08. The van der Waals surface area contributed by atoms with Gasteiger partial charge in [0.05, 0.1) is 5.60 Å². The van der Waals surface area contributed by atoms with E-state index in [0.717, 1.165) is 6.42 Å². The zero-order valence-corrected chi connectivity index (χ0v) is 7.77. The zero-order chi connectivity index (χ0) is 9.31. The van der Waals surface area contributed by atoms with E-state index >= 15 is 0 Å². The van der Waals surface area contributed by atoms with Crippen molar-refractivity contribution in [2.45, 2.75) is 24.9 Å². The van der Waals surface area contributed by atoms with Crippen molar-refractivity contribution in [3.8, 4) is 0 Å². The minimum atomic E-state index is -0.596. The maximum absolute atomic E-state index is 10.0. The highest BCUT2D eigenvalue weighted by Crippen LogP contribution is 2.37. The predicted octanol–water partition coefficient (Wildman–Crippen LogP) is 2.48. The van der Waals surface area contributed by atoms with Crippen molar-refractivity contribution in [2.24, 2.45) is 0 Å². The Labute approximate surface area is 78.7 Å². The Balaban J connectivity index is 2.32. The third kappa shape index (κ3) is 1.52. The summed E-state index contributed by atoms with van der Waals surface area (Å²) in [6.45, 7) is 1.89. The molecular formula is C12H14O.